The Kier molecular flexibility index (Phi) is 29.7. The number of rotatable bonds is 21. The molecule has 6 nitrogen and oxygen atoms in total. The molecule has 0 spiro atoms. The van der Waals surface area contributed by atoms with Crippen LogP contribution in [0.1, 0.15) is 116 Å². The van der Waals surface area contributed by atoms with Gasteiger partial charge < -0.3 is 25.2 Å². The van der Waals surface area contributed by atoms with E-state index in [4.69, 9.17) is 25.2 Å². The number of hydrogen-bond acceptors (Lipinski definition) is 6. The van der Waals surface area contributed by atoms with E-state index in [9.17, 15) is 4.79 Å². The molecule has 0 saturated heterocycles. The number of carbonyl (C=O) groups is 1. The van der Waals surface area contributed by atoms with Crippen molar-refractivity contribution in [2.75, 3.05) is 26.4 Å². The summed E-state index contributed by atoms with van der Waals surface area (Å²) in [4.78, 5) is 11.4. The van der Waals surface area contributed by atoms with Crippen LogP contribution < -0.4 is 0 Å². The molecule has 0 rings (SSSR count). The molecule has 4 N–H and O–H groups in total. The summed E-state index contributed by atoms with van der Waals surface area (Å²) in [5, 5.41) is 33.5. The van der Waals surface area contributed by atoms with E-state index in [2.05, 4.69) is 6.92 Å². The molecule has 1 unspecified atom stereocenters. The summed E-state index contributed by atoms with van der Waals surface area (Å²) in [5.74, 6) is -0.276. The Morgan fingerprint density at radius 3 is 1.40 bits per heavy atom. The van der Waals surface area contributed by atoms with Crippen molar-refractivity contribution in [1.82, 2.24) is 0 Å². The second-order valence-electron chi connectivity index (χ2n) is 8.02. The summed E-state index contributed by atoms with van der Waals surface area (Å²) >= 11 is 0. The van der Waals surface area contributed by atoms with Gasteiger partial charge in [-0.25, -0.2) is 0 Å². The van der Waals surface area contributed by atoms with Crippen LogP contribution in [0.4, 0.5) is 0 Å². The Labute approximate surface area is 185 Å². The van der Waals surface area contributed by atoms with Crippen molar-refractivity contribution in [2.45, 2.75) is 122 Å². The molecular formula is C24H50O6. The van der Waals surface area contributed by atoms with Gasteiger partial charge >= 0.3 is 5.97 Å². The standard InChI is InChI=1S/C21H42O4.C3H8O2/c1-2-3-4-5-6-7-8-9-10-11-12-13-14-15-16-17-21(24)25-19-20(23)18-22;4-2-1-3-5/h20,22-23H,2-19H2,1H3;4-5H,1-3H2. The molecule has 1 atom stereocenters. The van der Waals surface area contributed by atoms with Crippen LogP contribution in [0.3, 0.4) is 0 Å². The van der Waals surface area contributed by atoms with Crippen molar-refractivity contribution in [3.05, 3.63) is 0 Å². The van der Waals surface area contributed by atoms with E-state index < -0.39 is 6.10 Å². The van der Waals surface area contributed by atoms with Gasteiger partial charge in [-0.1, -0.05) is 96.8 Å². The number of unbranched alkanes of at least 4 members (excludes halogenated alkanes) is 14. The molecule has 0 fully saturated rings. The molecule has 0 bridgehead atoms. The number of esters is 1. The lowest BCUT2D eigenvalue weighted by molar-refractivity contribution is -0.147. The molecule has 0 aliphatic carbocycles. The van der Waals surface area contributed by atoms with E-state index >= 15 is 0 Å². The Hall–Kier alpha value is -0.690. The minimum atomic E-state index is -0.954. The van der Waals surface area contributed by atoms with E-state index in [-0.39, 0.29) is 32.4 Å². The first-order valence-corrected chi connectivity index (χ1v) is 12.3. The van der Waals surface area contributed by atoms with Crippen molar-refractivity contribution in [2.24, 2.45) is 0 Å². The fraction of sp³-hybridized carbons (Fsp3) is 0.958. The zero-order chi connectivity index (χ0) is 22.7. The molecule has 6 heteroatoms. The third kappa shape index (κ3) is 29.5. The molecule has 0 saturated carbocycles. The fourth-order valence-electron chi connectivity index (χ4n) is 3.03. The highest BCUT2D eigenvalue weighted by Crippen LogP contribution is 2.13. The van der Waals surface area contributed by atoms with Crippen molar-refractivity contribution < 1.29 is 30.0 Å². The summed E-state index contributed by atoms with van der Waals surface area (Å²) in [6, 6.07) is 0. The van der Waals surface area contributed by atoms with Gasteiger partial charge in [0.05, 0.1) is 6.61 Å². The Balaban J connectivity index is 0. The highest BCUT2D eigenvalue weighted by atomic mass is 16.5. The number of aliphatic hydroxyl groups excluding tert-OH is 4. The van der Waals surface area contributed by atoms with Crippen LogP contribution in [-0.4, -0.2) is 58.9 Å². The maximum absolute atomic E-state index is 11.4. The third-order valence-corrected chi connectivity index (χ3v) is 4.95. The first-order valence-electron chi connectivity index (χ1n) is 12.3. The molecule has 0 radical (unpaired) electrons. The number of hydrogen-bond donors (Lipinski definition) is 4. The van der Waals surface area contributed by atoms with Gasteiger partial charge in [-0.3, -0.25) is 4.79 Å². The van der Waals surface area contributed by atoms with Crippen LogP contribution in [0.15, 0.2) is 0 Å². The molecule has 0 aromatic heterocycles. The first kappa shape index (κ1) is 31.5. The van der Waals surface area contributed by atoms with Crippen LogP contribution in [0.2, 0.25) is 0 Å². The lowest BCUT2D eigenvalue weighted by atomic mass is 10.0. The minimum absolute atomic E-state index is 0.0938. The highest BCUT2D eigenvalue weighted by molar-refractivity contribution is 5.69. The quantitative estimate of drug-likeness (QED) is 0.156. The van der Waals surface area contributed by atoms with Gasteiger partial charge in [0.15, 0.2) is 0 Å². The second-order valence-corrected chi connectivity index (χ2v) is 8.02. The maximum atomic E-state index is 11.4. The zero-order valence-electron chi connectivity index (χ0n) is 19.5. The fourth-order valence-corrected chi connectivity index (χ4v) is 3.03. The summed E-state index contributed by atoms with van der Waals surface area (Å²) in [7, 11) is 0. The van der Waals surface area contributed by atoms with E-state index in [1.54, 1.807) is 0 Å². The van der Waals surface area contributed by atoms with Gasteiger partial charge in [-0.15, -0.1) is 0 Å². The lowest BCUT2D eigenvalue weighted by Crippen LogP contribution is -2.21. The van der Waals surface area contributed by atoms with Crippen molar-refractivity contribution >= 4 is 5.97 Å². The minimum Gasteiger partial charge on any atom is -0.463 e. The van der Waals surface area contributed by atoms with Crippen molar-refractivity contribution in [1.29, 1.82) is 0 Å². The Morgan fingerprint density at radius 1 is 0.667 bits per heavy atom. The molecule has 182 valence electrons. The summed E-state index contributed by atoms with van der Waals surface area (Å²) in [6.07, 6.45) is 19.5. The van der Waals surface area contributed by atoms with E-state index in [0.717, 1.165) is 12.8 Å². The van der Waals surface area contributed by atoms with Gasteiger partial charge in [-0.2, -0.15) is 0 Å². The molecule has 30 heavy (non-hydrogen) atoms. The van der Waals surface area contributed by atoms with Gasteiger partial charge in [0.25, 0.3) is 0 Å². The average molecular weight is 435 g/mol. The average Bonchev–Trinajstić information content (AvgIpc) is 2.75. The largest absolute Gasteiger partial charge is 0.463 e. The van der Waals surface area contributed by atoms with Gasteiger partial charge in [0.2, 0.25) is 0 Å². The summed E-state index contributed by atoms with van der Waals surface area (Å²) < 4.78 is 4.86. The molecule has 0 aromatic rings. The van der Waals surface area contributed by atoms with Gasteiger partial charge in [0.1, 0.15) is 12.7 Å². The SMILES string of the molecule is CCCCCCCCCCCCCCCCCC(=O)OCC(O)CO.OCCCO. The maximum Gasteiger partial charge on any atom is 0.305 e. The number of carbonyl (C=O) groups excluding carboxylic acids is 1. The Morgan fingerprint density at radius 2 is 1.07 bits per heavy atom. The monoisotopic (exact) mass is 434 g/mol. The van der Waals surface area contributed by atoms with Crippen LogP contribution in [-0.2, 0) is 9.53 Å². The molecule has 0 amide bonds. The first-order chi connectivity index (χ1) is 14.6. The van der Waals surface area contributed by atoms with Crippen LogP contribution >= 0.6 is 0 Å². The number of aliphatic hydroxyl groups is 4. The normalized spacial score (nSPS) is 11.6. The second kappa shape index (κ2) is 28.3. The molecule has 0 aromatic carbocycles. The lowest BCUT2D eigenvalue weighted by Gasteiger charge is -2.08. The summed E-state index contributed by atoms with van der Waals surface area (Å²) in [6.45, 7) is 1.98. The predicted octanol–water partition coefficient (Wildman–Crippen LogP) is 4.51. The highest BCUT2D eigenvalue weighted by Gasteiger charge is 2.07. The molecule has 0 heterocycles. The summed E-state index contributed by atoms with van der Waals surface area (Å²) in [5.41, 5.74) is 0. The smallest absolute Gasteiger partial charge is 0.305 e. The molecule has 0 aliphatic heterocycles. The molecular weight excluding hydrogens is 384 g/mol. The zero-order valence-corrected chi connectivity index (χ0v) is 19.5. The van der Waals surface area contributed by atoms with Crippen molar-refractivity contribution in [3.8, 4) is 0 Å². The van der Waals surface area contributed by atoms with E-state index in [1.807, 2.05) is 0 Å². The number of ether oxygens (including phenoxy) is 1. The van der Waals surface area contributed by atoms with Crippen LogP contribution in [0.5, 0.6) is 0 Å². The van der Waals surface area contributed by atoms with E-state index in [0.29, 0.717) is 12.8 Å². The molecule has 0 aliphatic rings. The Bertz CT molecular complexity index is 323. The predicted molar refractivity (Wildman–Crippen MR) is 122 cm³/mol. The van der Waals surface area contributed by atoms with Gasteiger partial charge in [0, 0.05) is 19.6 Å². The van der Waals surface area contributed by atoms with Crippen LogP contribution in [0.25, 0.3) is 0 Å². The van der Waals surface area contributed by atoms with E-state index in [1.165, 1.54) is 83.5 Å². The van der Waals surface area contributed by atoms with Crippen LogP contribution in [0, 0.1) is 0 Å². The third-order valence-electron chi connectivity index (χ3n) is 4.95. The topological polar surface area (TPSA) is 107 Å². The van der Waals surface area contributed by atoms with Gasteiger partial charge in [-0.05, 0) is 12.8 Å². The van der Waals surface area contributed by atoms with Crippen molar-refractivity contribution in [3.63, 3.8) is 0 Å².